The summed E-state index contributed by atoms with van der Waals surface area (Å²) in [5, 5.41) is 3.72. The van der Waals surface area contributed by atoms with Gasteiger partial charge in [0.2, 0.25) is 21.8 Å². The molecule has 0 saturated carbocycles. The molecule has 8 nitrogen and oxygen atoms in total. The smallest absolute Gasteiger partial charge is 0.242 e. The third-order valence-corrected chi connectivity index (χ3v) is 8.08. The van der Waals surface area contributed by atoms with E-state index in [1.165, 1.54) is 9.21 Å². The van der Waals surface area contributed by atoms with E-state index in [1.54, 1.807) is 42.5 Å². The van der Waals surface area contributed by atoms with E-state index in [0.29, 0.717) is 46.6 Å². The number of benzene rings is 2. The molecule has 0 fully saturated rings. The number of carbonyl (C=O) groups excluding carboxylic acids is 2. The highest BCUT2D eigenvalue weighted by Crippen LogP contribution is 2.31. The number of rotatable bonds is 16. The van der Waals surface area contributed by atoms with Gasteiger partial charge in [-0.25, -0.2) is 8.42 Å². The lowest BCUT2D eigenvalue weighted by atomic mass is 10.1. The van der Waals surface area contributed by atoms with Crippen LogP contribution in [0.1, 0.15) is 58.4 Å². The lowest BCUT2D eigenvalue weighted by Crippen LogP contribution is -2.49. The molecule has 0 heterocycles. The predicted octanol–water partition coefficient (Wildman–Crippen LogP) is 5.66. The number of nitrogens with zero attached hydrogens (tertiary/aromatic N) is 2. The van der Waals surface area contributed by atoms with Gasteiger partial charge in [-0.3, -0.25) is 13.9 Å². The van der Waals surface area contributed by atoms with Crippen molar-refractivity contribution in [2.24, 2.45) is 0 Å². The van der Waals surface area contributed by atoms with Crippen molar-refractivity contribution in [1.82, 2.24) is 10.2 Å². The zero-order valence-electron chi connectivity index (χ0n) is 23.1. The number of amides is 2. The minimum atomic E-state index is -3.65. The normalized spacial score (nSPS) is 12.1. The highest BCUT2D eigenvalue weighted by molar-refractivity contribution is 7.92. The van der Waals surface area contributed by atoms with Crippen molar-refractivity contribution in [2.75, 3.05) is 30.3 Å². The molecule has 1 atom stereocenters. The molecule has 2 aromatic rings. The molecule has 0 unspecified atom stereocenters. The molecule has 0 aliphatic carbocycles. The van der Waals surface area contributed by atoms with Gasteiger partial charge in [0.05, 0.1) is 18.6 Å². The van der Waals surface area contributed by atoms with Gasteiger partial charge < -0.3 is 15.0 Å². The summed E-state index contributed by atoms with van der Waals surface area (Å²) in [6.45, 7) is 6.71. The van der Waals surface area contributed by atoms with Crippen LogP contribution in [0.25, 0.3) is 0 Å². The van der Waals surface area contributed by atoms with Crippen LogP contribution in [0.2, 0.25) is 10.0 Å². The first-order valence-electron chi connectivity index (χ1n) is 13.2. The van der Waals surface area contributed by atoms with Crippen molar-refractivity contribution in [2.45, 2.75) is 65.5 Å². The van der Waals surface area contributed by atoms with Crippen LogP contribution in [0, 0.1) is 0 Å². The maximum atomic E-state index is 13.6. The van der Waals surface area contributed by atoms with Crippen LogP contribution in [0.15, 0.2) is 42.5 Å². The van der Waals surface area contributed by atoms with Crippen LogP contribution in [-0.4, -0.2) is 57.1 Å². The van der Waals surface area contributed by atoms with Crippen molar-refractivity contribution >= 4 is 50.7 Å². The number of ether oxygens (including phenoxy) is 1. The molecule has 0 aliphatic heterocycles. The standard InChI is InChI=1S/C28H39Cl2N3O5S/c1-5-8-18-31-28(35)24(6-2)32(20-21-22(29)13-11-14-23(21)30)27(34)17-12-19-33(39(4,36)37)25-15-9-10-16-26(25)38-7-3/h9-11,13-16,24H,5-8,12,17-20H2,1-4H3,(H,31,35)/t24-/m0/s1. The largest absolute Gasteiger partial charge is 0.492 e. The van der Waals surface area contributed by atoms with Crippen LogP contribution < -0.4 is 14.4 Å². The summed E-state index contributed by atoms with van der Waals surface area (Å²) in [5.41, 5.74) is 0.966. The lowest BCUT2D eigenvalue weighted by molar-refractivity contribution is -0.141. The van der Waals surface area contributed by atoms with Gasteiger partial charge in [-0.15, -0.1) is 0 Å². The lowest BCUT2D eigenvalue weighted by Gasteiger charge is -2.31. The molecule has 0 spiro atoms. The Bertz CT molecular complexity index is 1190. The average molecular weight is 601 g/mol. The van der Waals surface area contributed by atoms with Gasteiger partial charge >= 0.3 is 0 Å². The van der Waals surface area contributed by atoms with E-state index in [2.05, 4.69) is 5.32 Å². The zero-order valence-corrected chi connectivity index (χ0v) is 25.4. The number of sulfonamides is 1. The first kappa shape index (κ1) is 32.7. The molecule has 0 saturated heterocycles. The summed E-state index contributed by atoms with van der Waals surface area (Å²) in [5.74, 6) is -0.0950. The van der Waals surface area contributed by atoms with Gasteiger partial charge in [0.1, 0.15) is 11.8 Å². The number of para-hydroxylation sites is 2. The van der Waals surface area contributed by atoms with Gasteiger partial charge in [-0.2, -0.15) is 0 Å². The molecular formula is C28H39Cl2N3O5S. The highest BCUT2D eigenvalue weighted by Gasteiger charge is 2.30. The SMILES string of the molecule is CCCCNC(=O)[C@H](CC)N(Cc1c(Cl)cccc1Cl)C(=O)CCCN(c1ccccc1OCC)S(C)(=O)=O. The van der Waals surface area contributed by atoms with E-state index in [4.69, 9.17) is 27.9 Å². The molecule has 216 valence electrons. The molecule has 2 rings (SSSR count). The fourth-order valence-corrected chi connectivity index (χ4v) is 5.69. The maximum absolute atomic E-state index is 13.6. The Balaban J connectivity index is 2.29. The van der Waals surface area contributed by atoms with Gasteiger partial charge in [0.15, 0.2) is 0 Å². The molecule has 0 bridgehead atoms. The van der Waals surface area contributed by atoms with Crippen molar-refractivity contribution in [1.29, 1.82) is 0 Å². The number of anilines is 1. The van der Waals surface area contributed by atoms with Crippen molar-refractivity contribution in [3.63, 3.8) is 0 Å². The van der Waals surface area contributed by atoms with Crippen LogP contribution in [0.4, 0.5) is 5.69 Å². The van der Waals surface area contributed by atoms with Gasteiger partial charge in [0, 0.05) is 41.7 Å². The maximum Gasteiger partial charge on any atom is 0.242 e. The van der Waals surface area contributed by atoms with Crippen LogP contribution in [0.5, 0.6) is 5.75 Å². The molecule has 11 heteroatoms. The average Bonchev–Trinajstić information content (AvgIpc) is 2.88. The molecule has 0 radical (unpaired) electrons. The topological polar surface area (TPSA) is 96.0 Å². The van der Waals surface area contributed by atoms with Gasteiger partial charge in [-0.05, 0) is 50.5 Å². The number of hydrogen-bond acceptors (Lipinski definition) is 5. The Hall–Kier alpha value is -2.49. The zero-order chi connectivity index (χ0) is 29.0. The fraction of sp³-hybridized carbons (Fsp3) is 0.500. The van der Waals surface area contributed by atoms with E-state index in [9.17, 15) is 18.0 Å². The minimum Gasteiger partial charge on any atom is -0.492 e. The molecule has 0 aromatic heterocycles. The summed E-state index contributed by atoms with van der Waals surface area (Å²) >= 11 is 12.8. The molecule has 0 aliphatic rings. The molecule has 39 heavy (non-hydrogen) atoms. The Morgan fingerprint density at radius 3 is 2.26 bits per heavy atom. The third kappa shape index (κ3) is 9.58. The third-order valence-electron chi connectivity index (χ3n) is 6.19. The van der Waals surface area contributed by atoms with E-state index in [1.807, 2.05) is 20.8 Å². The van der Waals surface area contributed by atoms with Crippen LogP contribution in [-0.2, 0) is 26.2 Å². The molecule has 2 amide bonds. The number of unbranched alkanes of at least 4 members (excludes halogenated alkanes) is 1. The summed E-state index contributed by atoms with van der Waals surface area (Å²) < 4.78 is 32.2. The van der Waals surface area contributed by atoms with E-state index >= 15 is 0 Å². The predicted molar refractivity (Wildman–Crippen MR) is 158 cm³/mol. The number of halogens is 2. The van der Waals surface area contributed by atoms with Gasteiger partial charge in [-0.1, -0.05) is 61.7 Å². The molecular weight excluding hydrogens is 561 g/mol. The fourth-order valence-electron chi connectivity index (χ4n) is 4.20. The van der Waals surface area contributed by atoms with Crippen LogP contribution in [0.3, 0.4) is 0 Å². The van der Waals surface area contributed by atoms with Crippen molar-refractivity contribution < 1.29 is 22.7 Å². The Morgan fingerprint density at radius 2 is 1.67 bits per heavy atom. The molecule has 1 N–H and O–H groups in total. The van der Waals surface area contributed by atoms with Crippen molar-refractivity contribution in [3.8, 4) is 5.75 Å². The minimum absolute atomic E-state index is 0.0175. The quantitative estimate of drug-likeness (QED) is 0.251. The Labute approximate surface area is 242 Å². The molecule has 2 aromatic carbocycles. The summed E-state index contributed by atoms with van der Waals surface area (Å²) in [6.07, 6.45) is 3.52. The monoisotopic (exact) mass is 599 g/mol. The number of carbonyl (C=O) groups is 2. The summed E-state index contributed by atoms with van der Waals surface area (Å²) in [4.78, 5) is 28.2. The van der Waals surface area contributed by atoms with Crippen molar-refractivity contribution in [3.05, 3.63) is 58.1 Å². The first-order chi connectivity index (χ1) is 18.5. The Kier molecular flexibility index (Phi) is 13.4. The number of hydrogen-bond donors (Lipinski definition) is 1. The van der Waals surface area contributed by atoms with Gasteiger partial charge in [0.25, 0.3) is 0 Å². The van der Waals surface area contributed by atoms with E-state index < -0.39 is 16.1 Å². The number of nitrogens with one attached hydrogen (secondary N) is 1. The van der Waals surface area contributed by atoms with E-state index in [-0.39, 0.29) is 37.7 Å². The van der Waals surface area contributed by atoms with E-state index in [0.717, 1.165) is 19.1 Å². The Morgan fingerprint density at radius 1 is 1.00 bits per heavy atom. The second-order valence-corrected chi connectivity index (χ2v) is 11.9. The summed E-state index contributed by atoms with van der Waals surface area (Å²) in [6, 6.07) is 11.3. The van der Waals surface area contributed by atoms with Crippen LogP contribution >= 0.6 is 23.2 Å². The second kappa shape index (κ2) is 15.9. The second-order valence-electron chi connectivity index (χ2n) is 9.13. The summed E-state index contributed by atoms with van der Waals surface area (Å²) in [7, 11) is -3.65. The highest BCUT2D eigenvalue weighted by atomic mass is 35.5. The first-order valence-corrected chi connectivity index (χ1v) is 15.8.